The van der Waals surface area contributed by atoms with Crippen LogP contribution in [0.2, 0.25) is 5.02 Å². The van der Waals surface area contributed by atoms with E-state index >= 15 is 0 Å². The smallest absolute Gasteiger partial charge is 0.234 e. The lowest BCUT2D eigenvalue weighted by atomic mass is 10.2. The monoisotopic (exact) mass is 405 g/mol. The SMILES string of the molecule is COc1ccc(NC(=O)CSc2nnnn2-c2ccccc2Cl)c(OC)c1. The number of methoxy groups -OCH3 is 2. The lowest BCUT2D eigenvalue weighted by Crippen LogP contribution is -2.15. The van der Waals surface area contributed by atoms with Gasteiger partial charge in [-0.1, -0.05) is 35.5 Å². The van der Waals surface area contributed by atoms with Gasteiger partial charge < -0.3 is 14.8 Å². The number of halogens is 1. The van der Waals surface area contributed by atoms with Gasteiger partial charge >= 0.3 is 0 Å². The third-order valence-corrected chi connectivity index (χ3v) is 4.78. The molecule has 0 aliphatic rings. The quantitative estimate of drug-likeness (QED) is 0.604. The highest BCUT2D eigenvalue weighted by Crippen LogP contribution is 2.29. The minimum atomic E-state index is -0.225. The van der Waals surface area contributed by atoms with E-state index in [1.165, 1.54) is 23.6 Å². The van der Waals surface area contributed by atoms with Crippen molar-refractivity contribution in [2.24, 2.45) is 0 Å². The van der Waals surface area contributed by atoms with E-state index in [2.05, 4.69) is 20.8 Å². The second-order valence-corrected chi connectivity index (χ2v) is 6.58. The van der Waals surface area contributed by atoms with E-state index in [4.69, 9.17) is 21.1 Å². The third kappa shape index (κ3) is 4.50. The van der Waals surface area contributed by atoms with Crippen LogP contribution >= 0.6 is 23.4 Å². The molecule has 1 N–H and O–H groups in total. The Hall–Kier alpha value is -2.78. The predicted octanol–water partition coefficient (Wildman–Crippen LogP) is 3.06. The molecule has 1 heterocycles. The third-order valence-electron chi connectivity index (χ3n) is 3.54. The van der Waals surface area contributed by atoms with Crippen LogP contribution in [0.1, 0.15) is 0 Å². The Morgan fingerprint density at radius 2 is 2.04 bits per heavy atom. The van der Waals surface area contributed by atoms with Gasteiger partial charge in [-0.05, 0) is 34.7 Å². The van der Waals surface area contributed by atoms with Crippen LogP contribution in [0.3, 0.4) is 0 Å². The van der Waals surface area contributed by atoms with Crippen LogP contribution in [0, 0.1) is 0 Å². The van der Waals surface area contributed by atoms with Gasteiger partial charge in [-0.2, -0.15) is 4.68 Å². The molecule has 0 bridgehead atoms. The van der Waals surface area contributed by atoms with Crippen molar-refractivity contribution in [1.29, 1.82) is 0 Å². The summed E-state index contributed by atoms with van der Waals surface area (Å²) in [4.78, 5) is 12.3. The molecule has 10 heteroatoms. The standard InChI is InChI=1S/C17H16ClN5O3S/c1-25-11-7-8-13(15(9-11)26-2)19-16(24)10-27-17-20-21-22-23(17)14-6-4-3-5-12(14)18/h3-9H,10H2,1-2H3,(H,19,24). The van der Waals surface area contributed by atoms with E-state index in [0.717, 1.165) is 0 Å². The zero-order valence-corrected chi connectivity index (χ0v) is 16.1. The summed E-state index contributed by atoms with van der Waals surface area (Å²) in [6, 6.07) is 12.3. The molecule has 140 valence electrons. The molecule has 0 fully saturated rings. The van der Waals surface area contributed by atoms with Crippen LogP contribution in [0.5, 0.6) is 11.5 Å². The van der Waals surface area contributed by atoms with E-state index in [1.807, 2.05) is 12.1 Å². The second kappa shape index (κ2) is 8.74. The molecule has 0 atom stereocenters. The van der Waals surface area contributed by atoms with Crippen LogP contribution < -0.4 is 14.8 Å². The van der Waals surface area contributed by atoms with Crippen molar-refractivity contribution in [2.45, 2.75) is 5.16 Å². The number of nitrogens with zero attached hydrogens (tertiary/aromatic N) is 4. The summed E-state index contributed by atoms with van der Waals surface area (Å²) < 4.78 is 11.9. The maximum atomic E-state index is 12.3. The number of carbonyl (C=O) groups is 1. The first-order chi connectivity index (χ1) is 13.1. The van der Waals surface area contributed by atoms with Crippen molar-refractivity contribution in [3.8, 4) is 17.2 Å². The van der Waals surface area contributed by atoms with Gasteiger partial charge in [0.1, 0.15) is 11.5 Å². The van der Waals surface area contributed by atoms with Gasteiger partial charge in [0.2, 0.25) is 11.1 Å². The molecular formula is C17H16ClN5O3S. The number of nitrogens with one attached hydrogen (secondary N) is 1. The molecule has 0 saturated carbocycles. The molecule has 0 unspecified atom stereocenters. The number of ether oxygens (including phenoxy) is 2. The Labute approximate surface area is 164 Å². The summed E-state index contributed by atoms with van der Waals surface area (Å²) in [6.07, 6.45) is 0. The summed E-state index contributed by atoms with van der Waals surface area (Å²) in [5, 5.41) is 15.3. The molecule has 2 aromatic carbocycles. The molecule has 1 amide bonds. The van der Waals surface area contributed by atoms with Gasteiger partial charge in [0.15, 0.2) is 0 Å². The van der Waals surface area contributed by atoms with E-state index < -0.39 is 0 Å². The molecule has 3 aromatic rings. The predicted molar refractivity (Wildman–Crippen MR) is 103 cm³/mol. The zero-order chi connectivity index (χ0) is 19.2. The van der Waals surface area contributed by atoms with Gasteiger partial charge in [-0.3, -0.25) is 4.79 Å². The van der Waals surface area contributed by atoms with Crippen LogP contribution in [-0.4, -0.2) is 46.1 Å². The first kappa shape index (κ1) is 19.0. The zero-order valence-electron chi connectivity index (χ0n) is 14.5. The average molecular weight is 406 g/mol. The average Bonchev–Trinajstić information content (AvgIpc) is 3.15. The fourth-order valence-corrected chi connectivity index (χ4v) is 3.16. The van der Waals surface area contributed by atoms with Gasteiger partial charge in [-0.15, -0.1) is 5.10 Å². The number of thioether (sulfide) groups is 1. The Kier molecular flexibility index (Phi) is 6.15. The van der Waals surface area contributed by atoms with E-state index in [1.54, 1.807) is 37.4 Å². The maximum absolute atomic E-state index is 12.3. The number of carbonyl (C=O) groups excluding carboxylic acids is 1. The fourth-order valence-electron chi connectivity index (χ4n) is 2.26. The van der Waals surface area contributed by atoms with Crippen LogP contribution in [0.25, 0.3) is 5.69 Å². The maximum Gasteiger partial charge on any atom is 0.234 e. The summed E-state index contributed by atoms with van der Waals surface area (Å²) in [6.45, 7) is 0. The molecule has 1 aromatic heterocycles. The molecule has 0 saturated heterocycles. The number of anilines is 1. The number of para-hydroxylation sites is 1. The van der Waals surface area contributed by atoms with Crippen molar-refractivity contribution in [3.05, 3.63) is 47.5 Å². The molecule has 0 spiro atoms. The lowest BCUT2D eigenvalue weighted by Gasteiger charge is -2.11. The number of hydrogen-bond donors (Lipinski definition) is 1. The fraction of sp³-hybridized carbons (Fsp3) is 0.176. The van der Waals surface area contributed by atoms with Crippen molar-refractivity contribution in [2.75, 3.05) is 25.3 Å². The van der Waals surface area contributed by atoms with Crippen LogP contribution in [0.15, 0.2) is 47.6 Å². The normalized spacial score (nSPS) is 10.5. The minimum absolute atomic E-state index is 0.111. The lowest BCUT2D eigenvalue weighted by molar-refractivity contribution is -0.113. The largest absolute Gasteiger partial charge is 0.497 e. The molecule has 8 nitrogen and oxygen atoms in total. The Morgan fingerprint density at radius 1 is 1.22 bits per heavy atom. The molecule has 0 radical (unpaired) electrons. The second-order valence-electron chi connectivity index (χ2n) is 5.23. The minimum Gasteiger partial charge on any atom is -0.497 e. The number of tetrazole rings is 1. The number of amides is 1. The molecule has 0 aliphatic carbocycles. The van der Waals surface area contributed by atoms with Gasteiger partial charge in [0.25, 0.3) is 0 Å². The number of benzene rings is 2. The number of aromatic nitrogens is 4. The summed E-state index contributed by atoms with van der Waals surface area (Å²) in [5.74, 6) is 1.03. The number of rotatable bonds is 7. The van der Waals surface area contributed by atoms with Gasteiger partial charge in [0, 0.05) is 6.07 Å². The Morgan fingerprint density at radius 3 is 2.78 bits per heavy atom. The Bertz CT molecular complexity index is 950. The number of hydrogen-bond acceptors (Lipinski definition) is 7. The van der Waals surface area contributed by atoms with E-state index in [-0.39, 0.29) is 11.7 Å². The van der Waals surface area contributed by atoms with Crippen molar-refractivity contribution in [1.82, 2.24) is 20.2 Å². The first-order valence-electron chi connectivity index (χ1n) is 7.80. The molecular weight excluding hydrogens is 390 g/mol. The highest BCUT2D eigenvalue weighted by molar-refractivity contribution is 7.99. The van der Waals surface area contributed by atoms with Crippen LogP contribution in [-0.2, 0) is 4.79 Å². The summed E-state index contributed by atoms with van der Waals surface area (Å²) in [7, 11) is 3.09. The van der Waals surface area contributed by atoms with E-state index in [9.17, 15) is 4.79 Å². The Balaban J connectivity index is 1.68. The first-order valence-corrected chi connectivity index (χ1v) is 9.16. The summed E-state index contributed by atoms with van der Waals surface area (Å²) in [5.41, 5.74) is 1.19. The van der Waals surface area contributed by atoms with Gasteiger partial charge in [0.05, 0.1) is 36.4 Å². The van der Waals surface area contributed by atoms with Crippen LogP contribution in [0.4, 0.5) is 5.69 Å². The van der Waals surface area contributed by atoms with Crippen molar-refractivity contribution < 1.29 is 14.3 Å². The highest BCUT2D eigenvalue weighted by Gasteiger charge is 2.15. The van der Waals surface area contributed by atoms with Crippen molar-refractivity contribution in [3.63, 3.8) is 0 Å². The molecule has 0 aliphatic heterocycles. The molecule has 27 heavy (non-hydrogen) atoms. The highest BCUT2D eigenvalue weighted by atomic mass is 35.5. The van der Waals surface area contributed by atoms with E-state index in [0.29, 0.717) is 33.1 Å². The summed E-state index contributed by atoms with van der Waals surface area (Å²) >= 11 is 7.38. The topological polar surface area (TPSA) is 91.2 Å². The molecule has 3 rings (SSSR count). The van der Waals surface area contributed by atoms with Gasteiger partial charge in [-0.25, -0.2) is 0 Å². The van der Waals surface area contributed by atoms with Crippen molar-refractivity contribution >= 4 is 35.0 Å².